The third kappa shape index (κ3) is 3.70. The number of hydrogen-bond donors (Lipinski definition) is 0. The Morgan fingerprint density at radius 1 is 1.28 bits per heavy atom. The first-order valence-corrected chi connectivity index (χ1v) is 11.3. The molecule has 164 valence electrons. The Balaban J connectivity index is 1.32. The van der Waals surface area contributed by atoms with Gasteiger partial charge in [-0.25, -0.2) is 9.78 Å². The molecule has 2 aromatic heterocycles. The molecule has 0 bridgehead atoms. The van der Waals surface area contributed by atoms with Crippen LogP contribution in [0.5, 0.6) is 0 Å². The number of benzene rings is 1. The molecule has 0 N–H and O–H groups in total. The van der Waals surface area contributed by atoms with Crippen molar-refractivity contribution in [1.29, 1.82) is 5.26 Å². The summed E-state index contributed by atoms with van der Waals surface area (Å²) in [6.45, 7) is 5.57. The van der Waals surface area contributed by atoms with Crippen molar-refractivity contribution in [1.82, 2.24) is 14.5 Å². The standard InChI is InChI=1S/C25H27N5O2/c1-17(2)21-8-6-20(13-27-21)30-15-25(32-24(30)31)9-3-4-19(11-25)14-29-16-28-22-7-5-18(12-26)10-23(22)29/h5-8,10,13,16-17,19H,3-4,9,11,14-15H2,1-2H3/t19-,25-/m0/s1. The number of carbonyl (C=O) groups is 1. The van der Waals surface area contributed by atoms with Gasteiger partial charge in [0.2, 0.25) is 0 Å². The minimum Gasteiger partial charge on any atom is -0.441 e. The number of ether oxygens (including phenoxy) is 1. The fourth-order valence-corrected chi connectivity index (χ4v) is 5.11. The number of anilines is 1. The Hall–Kier alpha value is -3.40. The van der Waals surface area contributed by atoms with Gasteiger partial charge in [0.05, 0.1) is 47.4 Å². The highest BCUT2D eigenvalue weighted by molar-refractivity contribution is 5.90. The summed E-state index contributed by atoms with van der Waals surface area (Å²) in [6, 6.07) is 11.7. The van der Waals surface area contributed by atoms with Crippen LogP contribution in [0.1, 0.15) is 56.7 Å². The molecule has 3 heterocycles. The average Bonchev–Trinajstić information content (AvgIpc) is 3.33. The molecule has 32 heavy (non-hydrogen) atoms. The molecular formula is C25H27N5O2. The van der Waals surface area contributed by atoms with Crippen LogP contribution in [0.4, 0.5) is 10.5 Å². The summed E-state index contributed by atoms with van der Waals surface area (Å²) < 4.78 is 8.13. The van der Waals surface area contributed by atoms with Crippen molar-refractivity contribution in [3.05, 3.63) is 54.1 Å². The number of nitriles is 1. The number of fused-ring (bicyclic) bond motifs is 1. The Labute approximate surface area is 187 Å². The number of rotatable bonds is 4. The maximum Gasteiger partial charge on any atom is 0.415 e. The second-order valence-corrected chi connectivity index (χ2v) is 9.41. The Bertz CT molecular complexity index is 1190. The van der Waals surface area contributed by atoms with Crippen LogP contribution in [0.3, 0.4) is 0 Å². The quantitative estimate of drug-likeness (QED) is 0.582. The second kappa shape index (κ2) is 7.94. The molecule has 7 nitrogen and oxygen atoms in total. The van der Waals surface area contributed by atoms with Crippen molar-refractivity contribution in [2.24, 2.45) is 5.92 Å². The highest BCUT2D eigenvalue weighted by atomic mass is 16.6. The first-order valence-electron chi connectivity index (χ1n) is 11.3. The monoisotopic (exact) mass is 429 g/mol. The van der Waals surface area contributed by atoms with Gasteiger partial charge >= 0.3 is 6.09 Å². The van der Waals surface area contributed by atoms with E-state index in [0.717, 1.165) is 54.6 Å². The highest BCUT2D eigenvalue weighted by Crippen LogP contribution is 2.42. The van der Waals surface area contributed by atoms with E-state index >= 15 is 0 Å². The summed E-state index contributed by atoms with van der Waals surface area (Å²) in [5, 5.41) is 9.23. The topological polar surface area (TPSA) is 84.0 Å². The average molecular weight is 430 g/mol. The van der Waals surface area contributed by atoms with Gasteiger partial charge in [0.1, 0.15) is 5.60 Å². The van der Waals surface area contributed by atoms with E-state index in [2.05, 4.69) is 34.5 Å². The van der Waals surface area contributed by atoms with E-state index in [9.17, 15) is 10.1 Å². The smallest absolute Gasteiger partial charge is 0.415 e. The van der Waals surface area contributed by atoms with E-state index in [1.165, 1.54) is 0 Å². The minimum absolute atomic E-state index is 0.281. The van der Waals surface area contributed by atoms with Gasteiger partial charge in [-0.1, -0.05) is 13.8 Å². The van der Waals surface area contributed by atoms with Crippen molar-refractivity contribution in [2.75, 3.05) is 11.4 Å². The Morgan fingerprint density at radius 2 is 2.16 bits per heavy atom. The molecule has 1 aliphatic heterocycles. The van der Waals surface area contributed by atoms with Crippen LogP contribution >= 0.6 is 0 Å². The number of nitrogens with zero attached hydrogens (tertiary/aromatic N) is 5. The second-order valence-electron chi connectivity index (χ2n) is 9.41. The van der Waals surface area contributed by atoms with Gasteiger partial charge in [-0.3, -0.25) is 9.88 Å². The maximum atomic E-state index is 12.8. The molecule has 1 spiro atoms. The highest BCUT2D eigenvalue weighted by Gasteiger charge is 2.48. The van der Waals surface area contributed by atoms with Crippen LogP contribution in [0.2, 0.25) is 0 Å². The van der Waals surface area contributed by atoms with E-state index in [-0.39, 0.29) is 6.09 Å². The first-order chi connectivity index (χ1) is 15.5. The zero-order valence-corrected chi connectivity index (χ0v) is 18.5. The summed E-state index contributed by atoms with van der Waals surface area (Å²) in [5.41, 5.74) is 3.86. The van der Waals surface area contributed by atoms with Crippen molar-refractivity contribution in [3.8, 4) is 6.07 Å². The van der Waals surface area contributed by atoms with Gasteiger partial charge in [0, 0.05) is 12.2 Å². The first kappa shape index (κ1) is 20.5. The molecule has 1 aromatic carbocycles. The summed E-state index contributed by atoms with van der Waals surface area (Å²) in [5.74, 6) is 0.726. The predicted octanol–water partition coefficient (Wildman–Crippen LogP) is 5.01. The lowest BCUT2D eigenvalue weighted by Gasteiger charge is -2.36. The molecule has 2 fully saturated rings. The maximum absolute atomic E-state index is 12.8. The number of hydrogen-bond acceptors (Lipinski definition) is 5. The van der Waals surface area contributed by atoms with E-state index in [0.29, 0.717) is 23.9 Å². The predicted molar refractivity (Wildman–Crippen MR) is 121 cm³/mol. The third-order valence-electron chi connectivity index (χ3n) is 6.75. The van der Waals surface area contributed by atoms with Crippen molar-refractivity contribution in [3.63, 3.8) is 0 Å². The molecule has 7 heteroatoms. The normalized spacial score (nSPS) is 23.1. The van der Waals surface area contributed by atoms with Crippen molar-refractivity contribution >= 4 is 22.8 Å². The van der Waals surface area contributed by atoms with Gasteiger partial charge in [-0.15, -0.1) is 0 Å². The summed E-state index contributed by atoms with van der Waals surface area (Å²) in [7, 11) is 0. The zero-order chi connectivity index (χ0) is 22.3. The summed E-state index contributed by atoms with van der Waals surface area (Å²) in [4.78, 5) is 23.5. The zero-order valence-electron chi connectivity index (χ0n) is 18.5. The molecule has 1 aliphatic carbocycles. The molecule has 1 saturated carbocycles. The van der Waals surface area contributed by atoms with Gasteiger partial charge in [0.15, 0.2) is 0 Å². The fourth-order valence-electron chi connectivity index (χ4n) is 5.11. The lowest BCUT2D eigenvalue weighted by atomic mass is 9.78. The van der Waals surface area contributed by atoms with Gasteiger partial charge < -0.3 is 9.30 Å². The van der Waals surface area contributed by atoms with Crippen LogP contribution in [0.15, 0.2) is 42.9 Å². The third-order valence-corrected chi connectivity index (χ3v) is 6.75. The van der Waals surface area contributed by atoms with Crippen LogP contribution in [-0.4, -0.2) is 32.8 Å². The molecule has 0 radical (unpaired) electrons. The fraction of sp³-hybridized carbons (Fsp3) is 0.440. The molecule has 2 atom stereocenters. The van der Waals surface area contributed by atoms with E-state index < -0.39 is 5.60 Å². The molecule has 3 aromatic rings. The van der Waals surface area contributed by atoms with Gasteiger partial charge in [-0.05, 0) is 67.9 Å². The van der Waals surface area contributed by atoms with Crippen LogP contribution in [-0.2, 0) is 11.3 Å². The number of aromatic nitrogens is 3. The molecule has 5 rings (SSSR count). The van der Waals surface area contributed by atoms with E-state index in [1.807, 2.05) is 30.6 Å². The number of carbonyl (C=O) groups excluding carboxylic acids is 1. The SMILES string of the molecule is CC(C)c1ccc(N2C[C@@]3(CCC[C@H](Cn4cnc5ccc(C#N)cc54)C3)OC2=O)cn1. The lowest BCUT2D eigenvalue weighted by Crippen LogP contribution is -2.40. The van der Waals surface area contributed by atoms with Gasteiger partial charge in [-0.2, -0.15) is 5.26 Å². The van der Waals surface area contributed by atoms with Crippen molar-refractivity contribution in [2.45, 2.75) is 57.6 Å². The van der Waals surface area contributed by atoms with Gasteiger partial charge in [0.25, 0.3) is 0 Å². The van der Waals surface area contributed by atoms with Crippen LogP contribution in [0.25, 0.3) is 11.0 Å². The van der Waals surface area contributed by atoms with E-state index in [4.69, 9.17) is 4.74 Å². The number of imidazole rings is 1. The minimum atomic E-state index is -0.453. The Kier molecular flexibility index (Phi) is 5.09. The molecule has 0 unspecified atom stereocenters. The van der Waals surface area contributed by atoms with E-state index in [1.54, 1.807) is 17.2 Å². The van der Waals surface area contributed by atoms with Crippen LogP contribution < -0.4 is 4.90 Å². The molecule has 2 aliphatic rings. The lowest BCUT2D eigenvalue weighted by molar-refractivity contribution is 0.00439. The molecule has 1 amide bonds. The molecular weight excluding hydrogens is 402 g/mol. The molecule has 1 saturated heterocycles. The largest absolute Gasteiger partial charge is 0.441 e. The van der Waals surface area contributed by atoms with Crippen LogP contribution in [0, 0.1) is 17.2 Å². The number of pyridine rings is 1. The van der Waals surface area contributed by atoms with Crippen molar-refractivity contribution < 1.29 is 9.53 Å². The summed E-state index contributed by atoms with van der Waals surface area (Å²) in [6.07, 6.45) is 7.16. The number of amides is 1. The summed E-state index contributed by atoms with van der Waals surface area (Å²) >= 11 is 0. The Morgan fingerprint density at radius 3 is 2.91 bits per heavy atom.